The Kier molecular flexibility index (Phi) is 6.32. The average Bonchev–Trinajstić information content (AvgIpc) is 2.68. The van der Waals surface area contributed by atoms with Gasteiger partial charge in [-0.25, -0.2) is 19.2 Å². The van der Waals surface area contributed by atoms with Crippen molar-refractivity contribution in [2.45, 2.75) is 12.2 Å². The molecule has 12 heteroatoms. The van der Waals surface area contributed by atoms with Crippen LogP contribution in [0.15, 0.2) is 36.4 Å². The summed E-state index contributed by atoms with van der Waals surface area (Å²) in [6.45, 7) is 0. The quantitative estimate of drug-likeness (QED) is 0.265. The first-order valence-electron chi connectivity index (χ1n) is 7.93. The van der Waals surface area contributed by atoms with Crippen molar-refractivity contribution in [3.8, 4) is 23.0 Å². The van der Waals surface area contributed by atoms with E-state index < -0.39 is 70.2 Å². The first-order valence-corrected chi connectivity index (χ1v) is 7.93. The van der Waals surface area contributed by atoms with Gasteiger partial charge in [-0.15, -0.1) is 0 Å². The molecule has 0 aliphatic carbocycles. The summed E-state index contributed by atoms with van der Waals surface area (Å²) in [6.07, 6.45) is -5.05. The standard InChI is InChI=1S/C18H14O12/c19-9-5-4-7(6-11(9)21)17(27)29-13(15(23)24)14(16(25)26)30-18(28)8-2-1-3-10(20)12(8)22/h1-6,13-14,19-22H,(H,23,24)(H,25,26). The Hall–Kier alpha value is -4.48. The fraction of sp³-hybridized carbons (Fsp3) is 0.111. The highest BCUT2D eigenvalue weighted by Gasteiger charge is 2.41. The molecule has 0 radical (unpaired) electrons. The van der Waals surface area contributed by atoms with Crippen LogP contribution in [0.3, 0.4) is 0 Å². The van der Waals surface area contributed by atoms with Gasteiger partial charge in [-0.3, -0.25) is 0 Å². The van der Waals surface area contributed by atoms with Gasteiger partial charge in [0.2, 0.25) is 12.2 Å². The number of benzene rings is 2. The Morgan fingerprint density at radius 2 is 1.27 bits per heavy atom. The Morgan fingerprint density at radius 3 is 1.80 bits per heavy atom. The average molecular weight is 422 g/mol. The van der Waals surface area contributed by atoms with E-state index in [-0.39, 0.29) is 0 Å². The molecule has 0 saturated carbocycles. The predicted octanol–water partition coefficient (Wildman–Crippen LogP) is 0.429. The maximum Gasteiger partial charge on any atom is 0.349 e. The van der Waals surface area contributed by atoms with Crippen LogP contribution in [0.25, 0.3) is 0 Å². The second-order valence-electron chi connectivity index (χ2n) is 5.71. The third-order valence-corrected chi connectivity index (χ3v) is 3.68. The van der Waals surface area contributed by atoms with E-state index in [1.54, 1.807) is 0 Å². The predicted molar refractivity (Wildman–Crippen MR) is 93.2 cm³/mol. The minimum Gasteiger partial charge on any atom is -0.504 e. The zero-order valence-electron chi connectivity index (χ0n) is 14.8. The van der Waals surface area contributed by atoms with Gasteiger partial charge in [-0.05, 0) is 30.3 Å². The van der Waals surface area contributed by atoms with E-state index in [9.17, 15) is 49.8 Å². The van der Waals surface area contributed by atoms with E-state index in [0.29, 0.717) is 0 Å². The number of phenolic OH excluding ortho intramolecular Hbond substituents is 4. The van der Waals surface area contributed by atoms with Gasteiger partial charge < -0.3 is 40.1 Å². The molecule has 2 rings (SSSR count). The molecular formula is C18H14O12. The summed E-state index contributed by atoms with van der Waals surface area (Å²) in [4.78, 5) is 47.2. The van der Waals surface area contributed by atoms with Gasteiger partial charge in [0.1, 0.15) is 5.56 Å². The Labute approximate surface area is 166 Å². The van der Waals surface area contributed by atoms with Gasteiger partial charge in [0.25, 0.3) is 0 Å². The minimum atomic E-state index is -2.54. The topological polar surface area (TPSA) is 208 Å². The van der Waals surface area contributed by atoms with E-state index >= 15 is 0 Å². The second kappa shape index (κ2) is 8.68. The van der Waals surface area contributed by atoms with Crippen molar-refractivity contribution in [3.63, 3.8) is 0 Å². The number of carbonyl (C=O) groups is 4. The molecular weight excluding hydrogens is 408 g/mol. The molecule has 30 heavy (non-hydrogen) atoms. The lowest BCUT2D eigenvalue weighted by Crippen LogP contribution is -2.45. The maximum absolute atomic E-state index is 12.1. The van der Waals surface area contributed by atoms with Crippen molar-refractivity contribution in [1.29, 1.82) is 0 Å². The number of hydrogen-bond acceptors (Lipinski definition) is 10. The van der Waals surface area contributed by atoms with E-state index in [0.717, 1.165) is 36.4 Å². The number of hydrogen-bond donors (Lipinski definition) is 6. The Morgan fingerprint density at radius 1 is 0.700 bits per heavy atom. The molecule has 0 heterocycles. The lowest BCUT2D eigenvalue weighted by molar-refractivity contribution is -0.166. The molecule has 0 aliphatic rings. The van der Waals surface area contributed by atoms with E-state index in [4.69, 9.17) is 0 Å². The number of esters is 2. The van der Waals surface area contributed by atoms with Crippen LogP contribution < -0.4 is 0 Å². The maximum atomic E-state index is 12.1. The lowest BCUT2D eigenvalue weighted by atomic mass is 10.1. The zero-order valence-corrected chi connectivity index (χ0v) is 14.8. The van der Waals surface area contributed by atoms with Crippen LogP contribution in [0.1, 0.15) is 20.7 Å². The van der Waals surface area contributed by atoms with Crippen LogP contribution >= 0.6 is 0 Å². The monoisotopic (exact) mass is 422 g/mol. The summed E-state index contributed by atoms with van der Waals surface area (Å²) in [5.74, 6) is -9.84. The van der Waals surface area contributed by atoms with Gasteiger partial charge in [-0.1, -0.05) is 6.07 Å². The Balaban J connectivity index is 2.29. The number of carboxylic acids is 2. The van der Waals surface area contributed by atoms with Gasteiger partial charge >= 0.3 is 23.9 Å². The van der Waals surface area contributed by atoms with E-state index in [1.165, 1.54) is 0 Å². The molecule has 0 fully saturated rings. The molecule has 2 aromatic rings. The van der Waals surface area contributed by atoms with Crippen LogP contribution in [-0.2, 0) is 19.1 Å². The fourth-order valence-electron chi connectivity index (χ4n) is 2.19. The number of para-hydroxylation sites is 1. The van der Waals surface area contributed by atoms with Crippen LogP contribution in [0, 0.1) is 0 Å². The van der Waals surface area contributed by atoms with Crippen LogP contribution in [-0.4, -0.2) is 66.7 Å². The summed E-state index contributed by atoms with van der Waals surface area (Å²) in [6, 6.07) is 5.73. The summed E-state index contributed by atoms with van der Waals surface area (Å²) < 4.78 is 9.19. The molecule has 12 nitrogen and oxygen atoms in total. The smallest absolute Gasteiger partial charge is 0.349 e. The number of aliphatic carboxylic acids is 2. The number of aromatic hydroxyl groups is 4. The molecule has 0 bridgehead atoms. The highest BCUT2D eigenvalue weighted by Crippen LogP contribution is 2.29. The summed E-state index contributed by atoms with van der Waals surface area (Å²) >= 11 is 0. The largest absolute Gasteiger partial charge is 0.504 e. The van der Waals surface area contributed by atoms with Gasteiger partial charge in [0.05, 0.1) is 5.56 Å². The minimum absolute atomic E-state index is 0.433. The highest BCUT2D eigenvalue weighted by atomic mass is 16.6. The molecule has 0 aliphatic heterocycles. The molecule has 2 atom stereocenters. The summed E-state index contributed by atoms with van der Waals surface area (Å²) in [5.41, 5.74) is -1.10. The molecule has 0 amide bonds. The molecule has 6 N–H and O–H groups in total. The first-order chi connectivity index (χ1) is 14.0. The number of ether oxygens (including phenoxy) is 2. The fourth-order valence-corrected chi connectivity index (χ4v) is 2.19. The van der Waals surface area contributed by atoms with Crippen molar-refractivity contribution in [2.75, 3.05) is 0 Å². The molecule has 0 spiro atoms. The van der Waals surface area contributed by atoms with Gasteiger partial charge in [0.15, 0.2) is 23.0 Å². The van der Waals surface area contributed by atoms with Gasteiger partial charge in [0, 0.05) is 0 Å². The van der Waals surface area contributed by atoms with Crippen molar-refractivity contribution in [3.05, 3.63) is 47.5 Å². The number of carbonyl (C=O) groups excluding carboxylic acids is 2. The van der Waals surface area contributed by atoms with Crippen LogP contribution in [0.5, 0.6) is 23.0 Å². The number of phenols is 4. The van der Waals surface area contributed by atoms with Crippen molar-refractivity contribution in [1.82, 2.24) is 0 Å². The van der Waals surface area contributed by atoms with Crippen molar-refractivity contribution >= 4 is 23.9 Å². The third-order valence-electron chi connectivity index (χ3n) is 3.68. The lowest BCUT2D eigenvalue weighted by Gasteiger charge is -2.21. The zero-order chi connectivity index (χ0) is 22.6. The second-order valence-corrected chi connectivity index (χ2v) is 5.71. The first kappa shape index (κ1) is 21.8. The molecule has 0 saturated heterocycles. The van der Waals surface area contributed by atoms with Gasteiger partial charge in [-0.2, -0.15) is 0 Å². The summed E-state index contributed by atoms with van der Waals surface area (Å²) in [7, 11) is 0. The van der Waals surface area contributed by atoms with Crippen molar-refractivity contribution < 1.29 is 59.3 Å². The van der Waals surface area contributed by atoms with Crippen LogP contribution in [0.4, 0.5) is 0 Å². The molecule has 2 aromatic carbocycles. The van der Waals surface area contributed by atoms with E-state index in [2.05, 4.69) is 9.47 Å². The third kappa shape index (κ3) is 4.67. The SMILES string of the molecule is O=C(OC(C(=O)O)C(OC(=O)c1cccc(O)c1O)C(=O)O)c1ccc(O)c(O)c1. The molecule has 0 aromatic heterocycles. The number of carboxylic acid groups (broad SMARTS) is 2. The van der Waals surface area contributed by atoms with Crippen molar-refractivity contribution in [2.24, 2.45) is 0 Å². The summed E-state index contributed by atoms with van der Waals surface area (Å²) in [5, 5.41) is 56.2. The highest BCUT2D eigenvalue weighted by molar-refractivity contribution is 5.97. The number of rotatable bonds is 7. The van der Waals surface area contributed by atoms with E-state index in [1.807, 2.05) is 0 Å². The van der Waals surface area contributed by atoms with Crippen LogP contribution in [0.2, 0.25) is 0 Å². The molecule has 2 unspecified atom stereocenters. The Bertz CT molecular complexity index is 1010. The normalized spacial score (nSPS) is 12.4. The molecule has 158 valence electrons.